The zero-order valence-electron chi connectivity index (χ0n) is 8.45. The molecule has 16 heavy (non-hydrogen) atoms. The molecule has 0 radical (unpaired) electrons. The minimum Gasteiger partial charge on any atom is -0.321 e. The predicted octanol–water partition coefficient (Wildman–Crippen LogP) is -0.425. The molecule has 8 heteroatoms. The van der Waals surface area contributed by atoms with E-state index < -0.39 is 11.2 Å². The minimum atomic E-state index is -0.511. The van der Waals surface area contributed by atoms with E-state index in [-0.39, 0.29) is 0 Å². The highest BCUT2D eigenvalue weighted by Gasteiger charge is 2.03. The molecule has 0 aliphatic heterocycles. The Kier molecular flexibility index (Phi) is 5.21. The fourth-order valence-electron chi connectivity index (χ4n) is 1.06. The van der Waals surface area contributed by atoms with Crippen molar-refractivity contribution in [3.63, 3.8) is 0 Å². The van der Waals surface area contributed by atoms with Gasteiger partial charge in [0, 0.05) is 37.1 Å². The van der Waals surface area contributed by atoms with Crippen LogP contribution in [0, 0.1) is 0 Å². The maximum Gasteiger partial charge on any atom is 0.368 e. The fourth-order valence-corrected chi connectivity index (χ4v) is 1.23. The second kappa shape index (κ2) is 6.44. The molecule has 0 saturated carbocycles. The van der Waals surface area contributed by atoms with Gasteiger partial charge >= 0.3 is 5.69 Å². The van der Waals surface area contributed by atoms with Gasteiger partial charge in [-0.15, -0.1) is 23.2 Å². The van der Waals surface area contributed by atoms with Crippen molar-refractivity contribution < 1.29 is 0 Å². The van der Waals surface area contributed by atoms with Crippen molar-refractivity contribution in [3.8, 4) is 0 Å². The first-order valence-corrected chi connectivity index (χ1v) is 5.72. The van der Waals surface area contributed by atoms with Crippen LogP contribution in [0.1, 0.15) is 0 Å². The number of hydrogen-bond acceptors (Lipinski definition) is 4. The van der Waals surface area contributed by atoms with Gasteiger partial charge < -0.3 is 10.9 Å². The SMILES string of the molecule is O=c1ccn(NCCCl)c(=O)n1NCCCl. The molecular weight excluding hydrogens is 255 g/mol. The van der Waals surface area contributed by atoms with Gasteiger partial charge in [0.15, 0.2) is 0 Å². The monoisotopic (exact) mass is 266 g/mol. The highest BCUT2D eigenvalue weighted by Crippen LogP contribution is 1.76. The van der Waals surface area contributed by atoms with Crippen molar-refractivity contribution in [2.24, 2.45) is 0 Å². The van der Waals surface area contributed by atoms with Gasteiger partial charge in [-0.05, 0) is 0 Å². The van der Waals surface area contributed by atoms with E-state index in [2.05, 4.69) is 10.9 Å². The van der Waals surface area contributed by atoms with Gasteiger partial charge in [0.05, 0.1) is 0 Å². The Hall–Kier alpha value is -1.14. The lowest BCUT2D eigenvalue weighted by Gasteiger charge is -2.11. The maximum atomic E-state index is 11.7. The molecule has 1 aromatic rings. The quantitative estimate of drug-likeness (QED) is 0.687. The van der Waals surface area contributed by atoms with Gasteiger partial charge in [0.1, 0.15) is 0 Å². The summed E-state index contributed by atoms with van der Waals surface area (Å²) in [6, 6.07) is 1.27. The van der Waals surface area contributed by atoms with E-state index in [0.717, 1.165) is 4.68 Å². The average Bonchev–Trinajstić information content (AvgIpc) is 2.28. The Labute approximate surface area is 102 Å². The number of nitrogens with zero attached hydrogens (tertiary/aromatic N) is 2. The zero-order valence-corrected chi connectivity index (χ0v) is 9.96. The Bertz CT molecular complexity index is 442. The normalized spacial score (nSPS) is 10.1. The van der Waals surface area contributed by atoms with Gasteiger partial charge in [-0.25, -0.2) is 9.47 Å². The summed E-state index contributed by atoms with van der Waals surface area (Å²) in [5.41, 5.74) is 4.42. The fraction of sp³-hybridized carbons (Fsp3) is 0.500. The average molecular weight is 267 g/mol. The number of nitrogens with one attached hydrogen (secondary N) is 2. The van der Waals surface area contributed by atoms with Gasteiger partial charge in [-0.1, -0.05) is 0 Å². The van der Waals surface area contributed by atoms with Crippen LogP contribution in [0.3, 0.4) is 0 Å². The maximum absolute atomic E-state index is 11.7. The summed E-state index contributed by atoms with van der Waals surface area (Å²) in [7, 11) is 0. The van der Waals surface area contributed by atoms with Gasteiger partial charge in [-0.3, -0.25) is 4.79 Å². The van der Waals surface area contributed by atoms with E-state index >= 15 is 0 Å². The molecule has 1 rings (SSSR count). The van der Waals surface area contributed by atoms with Crippen molar-refractivity contribution >= 4 is 23.2 Å². The summed E-state index contributed by atoms with van der Waals surface area (Å²) in [6.07, 6.45) is 1.36. The summed E-state index contributed by atoms with van der Waals surface area (Å²) in [5.74, 6) is 0.663. The van der Waals surface area contributed by atoms with Gasteiger partial charge in [0.2, 0.25) is 0 Å². The van der Waals surface area contributed by atoms with Crippen LogP contribution in [0.15, 0.2) is 21.9 Å². The lowest BCUT2D eigenvalue weighted by Crippen LogP contribution is -2.47. The molecule has 0 aliphatic rings. The van der Waals surface area contributed by atoms with Gasteiger partial charge in [-0.2, -0.15) is 4.68 Å². The summed E-state index contributed by atoms with van der Waals surface area (Å²) >= 11 is 10.9. The highest BCUT2D eigenvalue weighted by atomic mass is 35.5. The third-order valence-electron chi connectivity index (χ3n) is 1.72. The van der Waals surface area contributed by atoms with E-state index in [1.54, 1.807) is 0 Å². The Morgan fingerprint density at radius 1 is 1.12 bits per heavy atom. The second-order valence-electron chi connectivity index (χ2n) is 2.84. The molecule has 0 aliphatic carbocycles. The molecular formula is C8H12Cl2N4O2. The minimum absolute atomic E-state index is 0.301. The third-order valence-corrected chi connectivity index (χ3v) is 2.10. The van der Waals surface area contributed by atoms with Crippen LogP contribution in [-0.2, 0) is 0 Å². The first-order chi connectivity index (χ1) is 7.70. The smallest absolute Gasteiger partial charge is 0.321 e. The Morgan fingerprint density at radius 3 is 2.38 bits per heavy atom. The highest BCUT2D eigenvalue weighted by molar-refractivity contribution is 6.18. The van der Waals surface area contributed by atoms with Crippen LogP contribution in [-0.4, -0.2) is 34.2 Å². The number of halogens is 2. The molecule has 0 atom stereocenters. The zero-order chi connectivity index (χ0) is 12.0. The molecule has 0 bridgehead atoms. The van der Waals surface area contributed by atoms with Crippen molar-refractivity contribution in [2.45, 2.75) is 0 Å². The Balaban J connectivity index is 2.97. The van der Waals surface area contributed by atoms with E-state index in [9.17, 15) is 9.59 Å². The molecule has 1 heterocycles. The lowest BCUT2D eigenvalue weighted by atomic mass is 10.6. The van der Waals surface area contributed by atoms with Crippen LogP contribution >= 0.6 is 23.2 Å². The molecule has 0 saturated heterocycles. The number of rotatable bonds is 6. The molecule has 6 nitrogen and oxygen atoms in total. The predicted molar refractivity (Wildman–Crippen MR) is 64.9 cm³/mol. The molecule has 0 amide bonds. The van der Waals surface area contributed by atoms with E-state index in [0.29, 0.717) is 24.8 Å². The number of aromatic nitrogens is 2. The first kappa shape index (κ1) is 12.9. The van der Waals surface area contributed by atoms with E-state index in [1.165, 1.54) is 16.9 Å². The molecule has 2 N–H and O–H groups in total. The van der Waals surface area contributed by atoms with Gasteiger partial charge in [0.25, 0.3) is 5.56 Å². The summed E-state index contributed by atoms with van der Waals surface area (Å²) in [4.78, 5) is 23.1. The van der Waals surface area contributed by atoms with Crippen LogP contribution in [0.4, 0.5) is 0 Å². The molecule has 0 spiro atoms. The summed E-state index contributed by atoms with van der Waals surface area (Å²) in [5, 5.41) is 0. The van der Waals surface area contributed by atoms with Crippen LogP contribution in [0.5, 0.6) is 0 Å². The van der Waals surface area contributed by atoms with Crippen LogP contribution in [0.2, 0.25) is 0 Å². The lowest BCUT2D eigenvalue weighted by molar-refractivity contribution is 0.675. The number of alkyl halides is 2. The van der Waals surface area contributed by atoms with E-state index in [1.807, 2.05) is 0 Å². The largest absolute Gasteiger partial charge is 0.368 e. The summed E-state index contributed by atoms with van der Waals surface area (Å²) in [6.45, 7) is 0.755. The molecule has 0 fully saturated rings. The van der Waals surface area contributed by atoms with Crippen molar-refractivity contribution in [2.75, 3.05) is 35.7 Å². The van der Waals surface area contributed by atoms with Crippen molar-refractivity contribution in [1.82, 2.24) is 9.35 Å². The van der Waals surface area contributed by atoms with Crippen LogP contribution in [0.25, 0.3) is 0 Å². The molecule has 0 unspecified atom stereocenters. The Morgan fingerprint density at radius 2 is 1.75 bits per heavy atom. The molecule has 1 aromatic heterocycles. The van der Waals surface area contributed by atoms with E-state index in [4.69, 9.17) is 23.2 Å². The standard InChI is InChI=1S/C8H12Cl2N4O2/c9-2-4-11-13-6-1-7(15)14(8(13)16)12-5-3-10/h1,6,11-12H,2-5H2. The topological polar surface area (TPSA) is 68.1 Å². The molecule has 0 aromatic carbocycles. The first-order valence-electron chi connectivity index (χ1n) is 4.65. The van der Waals surface area contributed by atoms with Crippen LogP contribution < -0.4 is 22.1 Å². The van der Waals surface area contributed by atoms with Crippen molar-refractivity contribution in [1.29, 1.82) is 0 Å². The second-order valence-corrected chi connectivity index (χ2v) is 3.59. The molecule has 90 valence electrons. The third kappa shape index (κ3) is 3.18. The van der Waals surface area contributed by atoms with Crippen molar-refractivity contribution in [3.05, 3.63) is 33.1 Å². The number of hydrogen-bond donors (Lipinski definition) is 2. The summed E-state index contributed by atoms with van der Waals surface area (Å²) < 4.78 is 2.08.